The van der Waals surface area contributed by atoms with Crippen LogP contribution < -0.4 is 0 Å². The number of aromatic nitrogens is 2. The Hall–Kier alpha value is -4.17. The maximum absolute atomic E-state index is 4.56. The summed E-state index contributed by atoms with van der Waals surface area (Å²) in [5.74, 6) is 0. The topological polar surface area (TPSA) is 17.8 Å². The third kappa shape index (κ3) is 2.25. The molecule has 7 rings (SSSR count). The molecule has 1 aliphatic carbocycles. The molecular weight excluding hydrogens is 400 g/mol. The molecule has 6 aromatic rings. The van der Waals surface area contributed by atoms with Crippen LogP contribution in [0.5, 0.6) is 0 Å². The molecule has 0 saturated carbocycles. The van der Waals surface area contributed by atoms with E-state index >= 15 is 0 Å². The highest BCUT2D eigenvalue weighted by Crippen LogP contribution is 2.58. The van der Waals surface area contributed by atoms with Crippen LogP contribution in [0.4, 0.5) is 0 Å². The summed E-state index contributed by atoms with van der Waals surface area (Å²) >= 11 is 0. The van der Waals surface area contributed by atoms with Crippen LogP contribution in [0.3, 0.4) is 0 Å². The Bertz CT molecular complexity index is 1620. The molecule has 2 aromatic heterocycles. The SMILES string of the molecule is Cn1c2ccccc2c2ccc3c(c21)-c1ccccc1C3(c1ccccc1)c1cccnc1. The number of nitrogens with zero attached hydrogens (tertiary/aromatic N) is 2. The Balaban J connectivity index is 1.73. The summed E-state index contributed by atoms with van der Waals surface area (Å²) in [4.78, 5) is 4.56. The molecule has 33 heavy (non-hydrogen) atoms. The monoisotopic (exact) mass is 422 g/mol. The molecule has 0 saturated heterocycles. The van der Waals surface area contributed by atoms with E-state index in [2.05, 4.69) is 120 Å². The smallest absolute Gasteiger partial charge is 0.0729 e. The Kier molecular flexibility index (Phi) is 3.72. The van der Waals surface area contributed by atoms with E-state index in [9.17, 15) is 0 Å². The third-order valence-corrected chi connectivity index (χ3v) is 7.37. The second-order valence-electron chi connectivity index (χ2n) is 8.86. The van der Waals surface area contributed by atoms with E-state index in [1.165, 1.54) is 55.2 Å². The van der Waals surface area contributed by atoms with Crippen molar-refractivity contribution in [2.75, 3.05) is 0 Å². The first kappa shape index (κ1) is 18.4. The van der Waals surface area contributed by atoms with Crippen molar-refractivity contribution in [3.05, 3.63) is 138 Å². The molecule has 1 unspecified atom stereocenters. The molecule has 0 bridgehead atoms. The van der Waals surface area contributed by atoms with Gasteiger partial charge in [0.2, 0.25) is 0 Å². The summed E-state index contributed by atoms with van der Waals surface area (Å²) in [6.07, 6.45) is 3.89. The van der Waals surface area contributed by atoms with Gasteiger partial charge in [-0.15, -0.1) is 0 Å². The molecule has 2 heterocycles. The van der Waals surface area contributed by atoms with E-state index in [0.29, 0.717) is 0 Å². The average Bonchev–Trinajstić information content (AvgIpc) is 3.35. The molecule has 1 atom stereocenters. The highest BCUT2D eigenvalue weighted by Gasteiger charge is 2.47. The van der Waals surface area contributed by atoms with Gasteiger partial charge in [0.1, 0.15) is 0 Å². The third-order valence-electron chi connectivity index (χ3n) is 7.37. The standard InChI is InChI=1S/C31H22N2/c1-33-28-16-8-6-13-23(28)24-17-18-27-29(30(24)33)25-14-5-7-15-26(25)31(27,21-10-3-2-4-11-21)22-12-9-19-32-20-22/h2-20H,1H3. The fourth-order valence-electron chi connectivity index (χ4n) is 6.09. The van der Waals surface area contributed by atoms with Gasteiger partial charge in [0, 0.05) is 41.3 Å². The van der Waals surface area contributed by atoms with Gasteiger partial charge < -0.3 is 4.57 Å². The van der Waals surface area contributed by atoms with Crippen molar-refractivity contribution >= 4 is 21.8 Å². The van der Waals surface area contributed by atoms with Crippen LogP contribution in [0, 0.1) is 0 Å². The van der Waals surface area contributed by atoms with Crippen molar-refractivity contribution in [3.8, 4) is 11.1 Å². The summed E-state index contributed by atoms with van der Waals surface area (Å²) in [6.45, 7) is 0. The number of aryl methyl sites for hydroxylation is 1. The van der Waals surface area contributed by atoms with Crippen LogP contribution in [0.1, 0.15) is 22.3 Å². The lowest BCUT2D eigenvalue weighted by molar-refractivity contribution is 0.763. The summed E-state index contributed by atoms with van der Waals surface area (Å²) in [6, 6.07) is 37.4. The van der Waals surface area contributed by atoms with Gasteiger partial charge in [-0.1, -0.05) is 91.0 Å². The molecule has 0 spiro atoms. The van der Waals surface area contributed by atoms with E-state index in [0.717, 1.165) is 0 Å². The number of fused-ring (bicyclic) bond motifs is 7. The Morgan fingerprint density at radius 2 is 1.39 bits per heavy atom. The minimum absolute atomic E-state index is 0.411. The van der Waals surface area contributed by atoms with Gasteiger partial charge in [0.15, 0.2) is 0 Å². The van der Waals surface area contributed by atoms with E-state index in [1.807, 2.05) is 12.4 Å². The number of hydrogen-bond donors (Lipinski definition) is 0. The normalized spacial score (nSPS) is 16.8. The second-order valence-corrected chi connectivity index (χ2v) is 8.86. The first-order valence-corrected chi connectivity index (χ1v) is 11.4. The van der Waals surface area contributed by atoms with Crippen LogP contribution in [0.25, 0.3) is 32.9 Å². The lowest BCUT2D eigenvalue weighted by Gasteiger charge is -2.33. The lowest BCUT2D eigenvalue weighted by Crippen LogP contribution is -2.28. The van der Waals surface area contributed by atoms with Crippen LogP contribution in [-0.4, -0.2) is 9.55 Å². The van der Waals surface area contributed by atoms with Gasteiger partial charge in [0.05, 0.1) is 10.9 Å². The second kappa shape index (κ2) is 6.66. The van der Waals surface area contributed by atoms with Crippen LogP contribution in [-0.2, 0) is 12.5 Å². The van der Waals surface area contributed by atoms with Crippen molar-refractivity contribution in [2.45, 2.75) is 5.41 Å². The maximum atomic E-state index is 4.56. The number of benzene rings is 4. The Morgan fingerprint density at radius 3 is 2.24 bits per heavy atom. The molecule has 0 radical (unpaired) electrons. The number of rotatable bonds is 2. The zero-order chi connectivity index (χ0) is 22.0. The molecule has 4 aromatic carbocycles. The first-order valence-electron chi connectivity index (χ1n) is 11.4. The van der Waals surface area contributed by atoms with Gasteiger partial charge in [0.25, 0.3) is 0 Å². The summed E-state index contributed by atoms with van der Waals surface area (Å²) in [5, 5.41) is 2.60. The Labute approximate surface area is 192 Å². The molecule has 1 aliphatic rings. The van der Waals surface area contributed by atoms with Gasteiger partial charge in [-0.05, 0) is 39.9 Å². The predicted molar refractivity (Wildman–Crippen MR) is 136 cm³/mol. The number of hydrogen-bond acceptors (Lipinski definition) is 1. The van der Waals surface area contributed by atoms with Crippen molar-refractivity contribution in [3.63, 3.8) is 0 Å². The highest BCUT2D eigenvalue weighted by molar-refractivity contribution is 6.15. The van der Waals surface area contributed by atoms with Crippen LogP contribution >= 0.6 is 0 Å². The van der Waals surface area contributed by atoms with Crippen molar-refractivity contribution in [1.82, 2.24) is 9.55 Å². The summed E-state index contributed by atoms with van der Waals surface area (Å²) in [7, 11) is 2.19. The fourth-order valence-corrected chi connectivity index (χ4v) is 6.09. The first-order chi connectivity index (χ1) is 16.3. The number of para-hydroxylation sites is 1. The minimum atomic E-state index is -0.411. The van der Waals surface area contributed by atoms with E-state index in [1.54, 1.807) is 0 Å². The van der Waals surface area contributed by atoms with Crippen LogP contribution in [0.15, 0.2) is 116 Å². The minimum Gasteiger partial charge on any atom is -0.343 e. The molecule has 0 aliphatic heterocycles. The quantitative estimate of drug-likeness (QED) is 0.291. The van der Waals surface area contributed by atoms with Crippen LogP contribution in [0.2, 0.25) is 0 Å². The predicted octanol–water partition coefficient (Wildman–Crippen LogP) is 7.09. The summed E-state index contributed by atoms with van der Waals surface area (Å²) < 4.78 is 2.37. The molecule has 2 nitrogen and oxygen atoms in total. The molecular formula is C31H22N2. The van der Waals surface area contributed by atoms with Crippen molar-refractivity contribution in [1.29, 1.82) is 0 Å². The highest BCUT2D eigenvalue weighted by atomic mass is 14.9. The lowest BCUT2D eigenvalue weighted by atomic mass is 9.68. The van der Waals surface area contributed by atoms with Gasteiger partial charge in [-0.25, -0.2) is 0 Å². The molecule has 0 amide bonds. The molecule has 156 valence electrons. The Morgan fingerprint density at radius 1 is 0.636 bits per heavy atom. The zero-order valence-corrected chi connectivity index (χ0v) is 18.4. The van der Waals surface area contributed by atoms with E-state index in [-0.39, 0.29) is 0 Å². The van der Waals surface area contributed by atoms with Gasteiger partial charge >= 0.3 is 0 Å². The maximum Gasteiger partial charge on any atom is 0.0729 e. The van der Waals surface area contributed by atoms with Crippen molar-refractivity contribution in [2.24, 2.45) is 7.05 Å². The van der Waals surface area contributed by atoms with E-state index in [4.69, 9.17) is 0 Å². The van der Waals surface area contributed by atoms with E-state index < -0.39 is 5.41 Å². The van der Waals surface area contributed by atoms with Gasteiger partial charge in [-0.3, -0.25) is 4.98 Å². The molecule has 0 N–H and O–H groups in total. The zero-order valence-electron chi connectivity index (χ0n) is 18.4. The average molecular weight is 423 g/mol. The molecule has 2 heteroatoms. The van der Waals surface area contributed by atoms with Crippen molar-refractivity contribution < 1.29 is 0 Å². The van der Waals surface area contributed by atoms with Gasteiger partial charge in [-0.2, -0.15) is 0 Å². The molecule has 0 fully saturated rings. The fraction of sp³-hybridized carbons (Fsp3) is 0.0645. The number of pyridine rings is 1. The largest absolute Gasteiger partial charge is 0.343 e. The summed E-state index contributed by atoms with van der Waals surface area (Å²) in [5.41, 5.74) is 9.87.